The van der Waals surface area contributed by atoms with E-state index in [1.807, 2.05) is 42.5 Å². The molecule has 0 spiro atoms. The number of H-pyrrole nitrogens is 1. The van der Waals surface area contributed by atoms with Crippen LogP contribution in [0.15, 0.2) is 99.6 Å². The number of aromatic amines is 1. The van der Waals surface area contributed by atoms with Gasteiger partial charge in [-0.3, -0.25) is 20.0 Å². The number of aryl methyl sites for hydroxylation is 1. The summed E-state index contributed by atoms with van der Waals surface area (Å²) in [7, 11) is 0. The number of anilines is 1. The molecule has 1 atom stereocenters. The quantitative estimate of drug-likeness (QED) is 0.337. The Balaban J connectivity index is 1.39. The maximum atomic E-state index is 13.5. The van der Waals surface area contributed by atoms with Gasteiger partial charge in [-0.15, -0.1) is 0 Å². The number of rotatable bonds is 6. The summed E-state index contributed by atoms with van der Waals surface area (Å²) in [6.45, 7) is 0.507. The van der Waals surface area contributed by atoms with E-state index in [0.717, 1.165) is 23.9 Å². The highest BCUT2D eigenvalue weighted by molar-refractivity contribution is 6.17. The van der Waals surface area contributed by atoms with Gasteiger partial charge in [0.1, 0.15) is 23.7 Å². The van der Waals surface area contributed by atoms with Gasteiger partial charge in [0.05, 0.1) is 28.3 Å². The first-order valence-corrected chi connectivity index (χ1v) is 11.8. The molecule has 3 aromatic carbocycles. The molecule has 36 heavy (non-hydrogen) atoms. The Morgan fingerprint density at radius 3 is 2.72 bits per heavy atom. The monoisotopic (exact) mass is 477 g/mol. The van der Waals surface area contributed by atoms with Crippen LogP contribution in [-0.2, 0) is 6.42 Å². The number of amidine groups is 1. The van der Waals surface area contributed by atoms with Gasteiger partial charge in [-0.1, -0.05) is 42.5 Å². The van der Waals surface area contributed by atoms with E-state index in [-0.39, 0.29) is 11.5 Å². The second-order valence-corrected chi connectivity index (χ2v) is 8.68. The van der Waals surface area contributed by atoms with Gasteiger partial charge in [0, 0.05) is 12.2 Å². The van der Waals surface area contributed by atoms with Crippen molar-refractivity contribution in [2.45, 2.75) is 18.9 Å². The summed E-state index contributed by atoms with van der Waals surface area (Å²) in [6.07, 6.45) is 4.72. The largest absolute Gasteiger partial charge is 0.464 e. The lowest BCUT2D eigenvalue weighted by Gasteiger charge is -2.23. The molecule has 1 saturated heterocycles. The Labute approximate surface area is 206 Å². The molecule has 0 radical (unpaired) electrons. The maximum absolute atomic E-state index is 13.5. The van der Waals surface area contributed by atoms with Crippen molar-refractivity contribution in [2.24, 2.45) is 4.99 Å². The van der Waals surface area contributed by atoms with E-state index in [0.29, 0.717) is 34.6 Å². The van der Waals surface area contributed by atoms with Crippen molar-refractivity contribution in [3.63, 3.8) is 0 Å². The highest BCUT2D eigenvalue weighted by Crippen LogP contribution is 2.33. The predicted octanol–water partition coefficient (Wildman–Crippen LogP) is 4.97. The van der Waals surface area contributed by atoms with Crippen molar-refractivity contribution in [2.75, 3.05) is 11.4 Å². The molecule has 2 N–H and O–H groups in total. The SMILES string of the molecule is O=C1NC(=NCCCc2ccccc2)C(c2coc3ccccc3c2=O)N1c1ccc2nc[nH]c2c1. The normalized spacial score (nSPS) is 16.8. The summed E-state index contributed by atoms with van der Waals surface area (Å²) in [5.41, 5.74) is 4.08. The first kappa shape index (κ1) is 21.8. The van der Waals surface area contributed by atoms with Gasteiger partial charge >= 0.3 is 6.03 Å². The molecular formula is C28H23N5O3. The third kappa shape index (κ3) is 3.92. The van der Waals surface area contributed by atoms with E-state index in [1.54, 1.807) is 29.4 Å². The smallest absolute Gasteiger partial charge is 0.328 e. The van der Waals surface area contributed by atoms with Crippen molar-refractivity contribution in [1.82, 2.24) is 15.3 Å². The minimum atomic E-state index is -0.740. The Hall–Kier alpha value is -4.72. The molecule has 178 valence electrons. The number of fused-ring (bicyclic) bond motifs is 2. The van der Waals surface area contributed by atoms with E-state index in [9.17, 15) is 9.59 Å². The number of aliphatic imine (C=N–C) groups is 1. The van der Waals surface area contributed by atoms with Crippen LogP contribution >= 0.6 is 0 Å². The number of urea groups is 1. The fourth-order valence-corrected chi connectivity index (χ4v) is 4.64. The number of aromatic nitrogens is 2. The highest BCUT2D eigenvalue weighted by Gasteiger charge is 2.40. The number of imidazole rings is 1. The van der Waals surface area contributed by atoms with Gasteiger partial charge in [-0.2, -0.15) is 0 Å². The van der Waals surface area contributed by atoms with E-state index in [4.69, 9.17) is 9.41 Å². The summed E-state index contributed by atoms with van der Waals surface area (Å²) >= 11 is 0. The Bertz CT molecular complexity index is 1650. The van der Waals surface area contributed by atoms with Crippen LogP contribution in [0.25, 0.3) is 22.0 Å². The number of amides is 2. The lowest BCUT2D eigenvalue weighted by Crippen LogP contribution is -2.32. The fourth-order valence-electron chi connectivity index (χ4n) is 4.64. The molecule has 0 bridgehead atoms. The summed E-state index contributed by atoms with van der Waals surface area (Å²) in [6, 6.07) is 21.7. The first-order chi connectivity index (χ1) is 17.7. The molecular weight excluding hydrogens is 454 g/mol. The molecule has 1 aliphatic heterocycles. The average Bonchev–Trinajstić information content (AvgIpc) is 3.51. The Morgan fingerprint density at radius 2 is 1.83 bits per heavy atom. The third-order valence-electron chi connectivity index (χ3n) is 6.40. The molecule has 1 aliphatic rings. The molecule has 0 saturated carbocycles. The van der Waals surface area contributed by atoms with E-state index in [1.165, 1.54) is 11.8 Å². The number of nitrogens with one attached hydrogen (secondary N) is 2. The van der Waals surface area contributed by atoms with Crippen molar-refractivity contribution in [1.29, 1.82) is 0 Å². The standard InChI is InChI=1S/C28H23N5O3/c34-26-20-10-4-5-11-24(20)36-16-21(26)25-27(29-14-6-9-18-7-2-1-3-8-18)32-28(35)33(25)19-12-13-22-23(15-19)31-17-30-22/h1-5,7-8,10-13,15-17,25H,6,9,14H2,(H,30,31)(H,29,32,35). The molecule has 2 aromatic heterocycles. The molecule has 6 rings (SSSR count). The second-order valence-electron chi connectivity index (χ2n) is 8.68. The molecule has 1 unspecified atom stereocenters. The summed E-state index contributed by atoms with van der Waals surface area (Å²) in [5.74, 6) is 0.431. The van der Waals surface area contributed by atoms with Gasteiger partial charge in [0.2, 0.25) is 0 Å². The number of hydrogen-bond acceptors (Lipinski definition) is 5. The molecule has 0 aliphatic carbocycles. The van der Waals surface area contributed by atoms with E-state index >= 15 is 0 Å². The van der Waals surface area contributed by atoms with Crippen molar-refractivity contribution < 1.29 is 9.21 Å². The van der Waals surface area contributed by atoms with Crippen LogP contribution < -0.4 is 15.6 Å². The lowest BCUT2D eigenvalue weighted by atomic mass is 10.0. The van der Waals surface area contributed by atoms with Crippen LogP contribution in [-0.4, -0.2) is 28.4 Å². The first-order valence-electron chi connectivity index (χ1n) is 11.8. The second kappa shape index (κ2) is 9.14. The number of carbonyl (C=O) groups is 1. The van der Waals surface area contributed by atoms with Crippen LogP contribution in [0.1, 0.15) is 23.6 Å². The fraction of sp³-hybridized carbons (Fsp3) is 0.143. The highest BCUT2D eigenvalue weighted by atomic mass is 16.3. The minimum absolute atomic E-state index is 0.192. The van der Waals surface area contributed by atoms with Gasteiger partial charge in [-0.25, -0.2) is 9.78 Å². The van der Waals surface area contributed by atoms with Crippen molar-refractivity contribution in [3.8, 4) is 0 Å². The topological polar surface area (TPSA) is 104 Å². The molecule has 5 aromatic rings. The molecule has 8 heteroatoms. The zero-order chi connectivity index (χ0) is 24.5. The van der Waals surface area contributed by atoms with Gasteiger partial charge in [0.15, 0.2) is 5.43 Å². The third-order valence-corrected chi connectivity index (χ3v) is 6.40. The van der Waals surface area contributed by atoms with Crippen LogP contribution in [0.2, 0.25) is 0 Å². The average molecular weight is 478 g/mol. The van der Waals surface area contributed by atoms with Crippen LogP contribution in [0.4, 0.5) is 10.5 Å². The number of para-hydroxylation sites is 1. The Kier molecular flexibility index (Phi) is 5.53. The van der Waals surface area contributed by atoms with Crippen LogP contribution in [0.3, 0.4) is 0 Å². The van der Waals surface area contributed by atoms with Crippen molar-refractivity contribution >= 4 is 39.6 Å². The van der Waals surface area contributed by atoms with Gasteiger partial charge < -0.3 is 9.40 Å². The summed E-state index contributed by atoms with van der Waals surface area (Å²) < 4.78 is 5.81. The number of benzene rings is 3. The Morgan fingerprint density at radius 1 is 1.00 bits per heavy atom. The van der Waals surface area contributed by atoms with Gasteiger partial charge in [0.25, 0.3) is 0 Å². The summed E-state index contributed by atoms with van der Waals surface area (Å²) in [4.78, 5) is 40.4. The molecule has 2 amide bonds. The van der Waals surface area contributed by atoms with E-state index in [2.05, 4.69) is 27.4 Å². The molecule has 1 fully saturated rings. The summed E-state index contributed by atoms with van der Waals surface area (Å²) in [5, 5.41) is 3.36. The zero-order valence-electron chi connectivity index (χ0n) is 19.3. The van der Waals surface area contributed by atoms with E-state index < -0.39 is 6.04 Å². The number of carbonyl (C=O) groups excluding carboxylic acids is 1. The number of hydrogen-bond donors (Lipinski definition) is 2. The van der Waals surface area contributed by atoms with Crippen LogP contribution in [0.5, 0.6) is 0 Å². The maximum Gasteiger partial charge on any atom is 0.328 e. The zero-order valence-corrected chi connectivity index (χ0v) is 19.3. The predicted molar refractivity (Wildman–Crippen MR) is 139 cm³/mol. The molecule has 8 nitrogen and oxygen atoms in total. The lowest BCUT2D eigenvalue weighted by molar-refractivity contribution is 0.252. The minimum Gasteiger partial charge on any atom is -0.464 e. The van der Waals surface area contributed by atoms with Crippen molar-refractivity contribution in [3.05, 3.63) is 107 Å². The van der Waals surface area contributed by atoms with Crippen LogP contribution in [0, 0.1) is 0 Å². The van der Waals surface area contributed by atoms with Gasteiger partial charge in [-0.05, 0) is 48.7 Å². The molecule has 3 heterocycles. The number of nitrogens with zero attached hydrogens (tertiary/aromatic N) is 3.